The van der Waals surface area contributed by atoms with Gasteiger partial charge in [0.05, 0.1) is 0 Å². The quantitative estimate of drug-likeness (QED) is 0.848. The molecule has 0 saturated heterocycles. The maximum absolute atomic E-state index is 13.0. The molecule has 0 bridgehead atoms. The molecule has 0 spiro atoms. The fourth-order valence-corrected chi connectivity index (χ4v) is 1.63. The fraction of sp³-hybridized carbons (Fsp3) is 0.0714. The van der Waals surface area contributed by atoms with Crippen LogP contribution in [0.1, 0.15) is 22.0 Å². The summed E-state index contributed by atoms with van der Waals surface area (Å²) in [5.41, 5.74) is 0.191. The van der Waals surface area contributed by atoms with Crippen LogP contribution < -0.4 is 0 Å². The first-order valence-corrected chi connectivity index (χ1v) is 5.31. The van der Waals surface area contributed by atoms with Crippen molar-refractivity contribution in [3.8, 4) is 0 Å². The summed E-state index contributed by atoms with van der Waals surface area (Å²) in [5, 5.41) is 9.82. The van der Waals surface area contributed by atoms with Crippen molar-refractivity contribution >= 4 is 5.78 Å². The summed E-state index contributed by atoms with van der Waals surface area (Å²) in [4.78, 5) is 11.9. The van der Waals surface area contributed by atoms with Crippen molar-refractivity contribution in [3.63, 3.8) is 0 Å². The van der Waals surface area contributed by atoms with E-state index >= 15 is 0 Å². The van der Waals surface area contributed by atoms with Crippen LogP contribution in [0.15, 0.2) is 48.5 Å². The molecule has 18 heavy (non-hydrogen) atoms. The summed E-state index contributed by atoms with van der Waals surface area (Å²) in [7, 11) is 0. The Morgan fingerprint density at radius 1 is 1.00 bits per heavy atom. The van der Waals surface area contributed by atoms with Gasteiger partial charge in [0.15, 0.2) is 5.78 Å². The smallest absolute Gasteiger partial charge is 0.195 e. The van der Waals surface area contributed by atoms with Crippen molar-refractivity contribution in [3.05, 3.63) is 71.3 Å². The lowest BCUT2D eigenvalue weighted by Gasteiger charge is -2.10. The second-order valence-electron chi connectivity index (χ2n) is 3.83. The summed E-state index contributed by atoms with van der Waals surface area (Å²) < 4.78 is 25.9. The number of halogens is 2. The van der Waals surface area contributed by atoms with Crippen molar-refractivity contribution in [2.24, 2.45) is 0 Å². The van der Waals surface area contributed by atoms with Crippen LogP contribution in [0, 0.1) is 11.6 Å². The maximum atomic E-state index is 13.0. The molecule has 2 aromatic carbocycles. The molecule has 0 saturated carbocycles. The minimum Gasteiger partial charge on any atom is -0.380 e. The third-order valence-corrected chi connectivity index (χ3v) is 2.52. The van der Waals surface area contributed by atoms with Crippen molar-refractivity contribution in [1.82, 2.24) is 0 Å². The number of aliphatic hydroxyl groups is 1. The monoisotopic (exact) mass is 248 g/mol. The van der Waals surface area contributed by atoms with E-state index in [1.54, 1.807) is 0 Å². The Kier molecular flexibility index (Phi) is 3.48. The maximum Gasteiger partial charge on any atom is 0.195 e. The van der Waals surface area contributed by atoms with E-state index in [0.29, 0.717) is 0 Å². The lowest BCUT2D eigenvalue weighted by atomic mass is 10.00. The van der Waals surface area contributed by atoms with Crippen molar-refractivity contribution in [1.29, 1.82) is 0 Å². The van der Waals surface area contributed by atoms with E-state index in [0.717, 1.165) is 12.1 Å². The van der Waals surface area contributed by atoms with Crippen LogP contribution >= 0.6 is 0 Å². The zero-order valence-corrected chi connectivity index (χ0v) is 9.31. The van der Waals surface area contributed by atoms with Gasteiger partial charge in [0, 0.05) is 5.56 Å². The molecule has 0 radical (unpaired) electrons. The zero-order chi connectivity index (χ0) is 13.1. The molecule has 0 amide bonds. The van der Waals surface area contributed by atoms with Gasteiger partial charge in [0.2, 0.25) is 0 Å². The Hall–Kier alpha value is -2.07. The number of hydrogen-bond acceptors (Lipinski definition) is 2. The molecular weight excluding hydrogens is 238 g/mol. The van der Waals surface area contributed by atoms with Gasteiger partial charge in [-0.3, -0.25) is 4.79 Å². The number of carbonyl (C=O) groups excluding carboxylic acids is 1. The topological polar surface area (TPSA) is 37.3 Å². The predicted octanol–water partition coefficient (Wildman–Crippen LogP) is 2.88. The molecule has 0 aliphatic rings. The minimum absolute atomic E-state index is 0.0479. The predicted molar refractivity (Wildman–Crippen MR) is 62.1 cm³/mol. The zero-order valence-electron chi connectivity index (χ0n) is 9.31. The van der Waals surface area contributed by atoms with E-state index < -0.39 is 23.5 Å². The van der Waals surface area contributed by atoms with Gasteiger partial charge in [-0.25, -0.2) is 8.78 Å². The molecule has 0 aromatic heterocycles. The van der Waals surface area contributed by atoms with Crippen LogP contribution in [0.4, 0.5) is 8.78 Å². The molecule has 1 atom stereocenters. The first-order valence-electron chi connectivity index (χ1n) is 5.31. The molecule has 2 nitrogen and oxygen atoms in total. The highest BCUT2D eigenvalue weighted by Gasteiger charge is 2.19. The average Bonchev–Trinajstić information content (AvgIpc) is 2.37. The van der Waals surface area contributed by atoms with Crippen LogP contribution in [0.3, 0.4) is 0 Å². The minimum atomic E-state index is -1.50. The first-order chi connectivity index (χ1) is 8.58. The van der Waals surface area contributed by atoms with E-state index in [-0.39, 0.29) is 11.1 Å². The van der Waals surface area contributed by atoms with Gasteiger partial charge in [-0.05, 0) is 29.8 Å². The van der Waals surface area contributed by atoms with E-state index in [1.807, 2.05) is 0 Å². The number of ketones is 1. The number of carbonyl (C=O) groups is 1. The van der Waals surface area contributed by atoms with Gasteiger partial charge in [-0.1, -0.05) is 24.3 Å². The highest BCUT2D eigenvalue weighted by atomic mass is 19.1. The Morgan fingerprint density at radius 3 is 2.22 bits per heavy atom. The SMILES string of the molecule is O=C(c1cccc(F)c1)[C@H](O)c1cccc(F)c1. The van der Waals surface area contributed by atoms with Crippen LogP contribution in [-0.2, 0) is 0 Å². The van der Waals surface area contributed by atoms with Crippen LogP contribution in [0.2, 0.25) is 0 Å². The highest BCUT2D eigenvalue weighted by molar-refractivity contribution is 5.99. The van der Waals surface area contributed by atoms with E-state index in [9.17, 15) is 18.7 Å². The molecule has 1 N–H and O–H groups in total. The first kappa shape index (κ1) is 12.4. The molecule has 92 valence electrons. The third-order valence-electron chi connectivity index (χ3n) is 2.52. The van der Waals surface area contributed by atoms with Crippen LogP contribution in [0.25, 0.3) is 0 Å². The summed E-state index contributed by atoms with van der Waals surface area (Å²) in [5.74, 6) is -1.77. The van der Waals surface area contributed by atoms with Crippen LogP contribution in [-0.4, -0.2) is 10.9 Å². The van der Waals surface area contributed by atoms with Crippen molar-refractivity contribution < 1.29 is 18.7 Å². The van der Waals surface area contributed by atoms with E-state index in [1.165, 1.54) is 36.4 Å². The fourth-order valence-electron chi connectivity index (χ4n) is 1.63. The highest BCUT2D eigenvalue weighted by Crippen LogP contribution is 2.19. The second-order valence-corrected chi connectivity index (χ2v) is 3.83. The molecule has 0 aliphatic heterocycles. The molecule has 0 aliphatic carbocycles. The summed E-state index contributed by atoms with van der Waals surface area (Å²) in [6.07, 6.45) is -1.50. The summed E-state index contributed by atoms with van der Waals surface area (Å²) in [6.45, 7) is 0. The summed E-state index contributed by atoms with van der Waals surface area (Å²) in [6, 6.07) is 10.1. The number of aliphatic hydroxyl groups excluding tert-OH is 1. The molecule has 0 unspecified atom stereocenters. The Bertz CT molecular complexity index is 582. The molecule has 2 aromatic rings. The Labute approximate surface area is 103 Å². The number of hydrogen-bond donors (Lipinski definition) is 1. The van der Waals surface area contributed by atoms with Gasteiger partial charge in [0.1, 0.15) is 17.7 Å². The van der Waals surface area contributed by atoms with E-state index in [4.69, 9.17) is 0 Å². The van der Waals surface area contributed by atoms with Gasteiger partial charge in [-0.2, -0.15) is 0 Å². The average molecular weight is 248 g/mol. The molecule has 0 fully saturated rings. The largest absolute Gasteiger partial charge is 0.380 e. The van der Waals surface area contributed by atoms with Gasteiger partial charge >= 0.3 is 0 Å². The third kappa shape index (κ3) is 2.60. The lowest BCUT2D eigenvalue weighted by molar-refractivity contribution is 0.0746. The Morgan fingerprint density at radius 2 is 1.61 bits per heavy atom. The molecular formula is C14H10F2O2. The molecule has 0 heterocycles. The van der Waals surface area contributed by atoms with Gasteiger partial charge in [0.25, 0.3) is 0 Å². The van der Waals surface area contributed by atoms with Gasteiger partial charge in [-0.15, -0.1) is 0 Å². The Balaban J connectivity index is 2.29. The van der Waals surface area contributed by atoms with E-state index in [2.05, 4.69) is 0 Å². The van der Waals surface area contributed by atoms with Crippen LogP contribution in [0.5, 0.6) is 0 Å². The molecule has 2 rings (SSSR count). The van der Waals surface area contributed by atoms with Crippen molar-refractivity contribution in [2.45, 2.75) is 6.10 Å². The number of Topliss-reactive ketones (excluding diaryl/α,β-unsaturated/α-hetero) is 1. The standard InChI is InChI=1S/C14H10F2O2/c15-11-5-1-3-9(7-11)13(17)14(18)10-4-2-6-12(16)8-10/h1-8,13,17H/t13-/m1/s1. The normalized spacial score (nSPS) is 12.2. The molecule has 4 heteroatoms. The van der Waals surface area contributed by atoms with Crippen molar-refractivity contribution in [2.75, 3.05) is 0 Å². The number of benzene rings is 2. The number of rotatable bonds is 3. The lowest BCUT2D eigenvalue weighted by Crippen LogP contribution is -2.12. The second kappa shape index (κ2) is 5.06. The summed E-state index contributed by atoms with van der Waals surface area (Å²) >= 11 is 0. The van der Waals surface area contributed by atoms with Gasteiger partial charge < -0.3 is 5.11 Å².